The molecule has 0 saturated heterocycles. The number of hydrogen-bond acceptors (Lipinski definition) is 4. The number of halogens is 3. The van der Waals surface area contributed by atoms with E-state index in [2.05, 4.69) is 41.9 Å². The predicted molar refractivity (Wildman–Crippen MR) is 133 cm³/mol. The van der Waals surface area contributed by atoms with Crippen molar-refractivity contribution >= 4 is 60.3 Å². The van der Waals surface area contributed by atoms with E-state index in [9.17, 15) is 14.0 Å². The molecule has 4 aromatic rings. The molecule has 0 atom stereocenters. The lowest BCUT2D eigenvalue weighted by Crippen LogP contribution is -2.17. The maximum absolute atomic E-state index is 14.7. The number of esters is 1. The molecule has 0 aliphatic heterocycles. The van der Waals surface area contributed by atoms with Gasteiger partial charge in [0.25, 0.3) is 5.91 Å². The fourth-order valence-corrected chi connectivity index (χ4v) is 4.45. The Balaban J connectivity index is 1.86. The van der Waals surface area contributed by atoms with Gasteiger partial charge in [0, 0.05) is 26.3 Å². The number of hydrogen-bond donors (Lipinski definition) is 1. The van der Waals surface area contributed by atoms with Crippen LogP contribution in [-0.4, -0.2) is 24.0 Å². The monoisotopic (exact) mass is 570 g/mol. The average Bonchev–Trinajstić information content (AvgIpc) is 2.83. The van der Waals surface area contributed by atoms with E-state index in [1.165, 1.54) is 19.2 Å². The van der Waals surface area contributed by atoms with E-state index in [-0.39, 0.29) is 11.3 Å². The first-order valence-corrected chi connectivity index (χ1v) is 11.8. The fourth-order valence-electron chi connectivity index (χ4n) is 3.55. The molecule has 0 aliphatic rings. The summed E-state index contributed by atoms with van der Waals surface area (Å²) in [7, 11) is 1.22. The van der Waals surface area contributed by atoms with Crippen LogP contribution < -0.4 is 5.32 Å². The van der Waals surface area contributed by atoms with E-state index in [0.717, 1.165) is 16.1 Å². The Morgan fingerprint density at radius 2 is 1.82 bits per heavy atom. The first kappa shape index (κ1) is 23.1. The van der Waals surface area contributed by atoms with Crippen molar-refractivity contribution in [3.05, 3.63) is 93.7 Å². The number of alkyl halides is 1. The lowest BCUT2D eigenvalue weighted by molar-refractivity contribution is 0.0600. The molecule has 1 N–H and O–H groups in total. The summed E-state index contributed by atoms with van der Waals surface area (Å²) in [5, 5.41) is 3.63. The molecule has 0 radical (unpaired) electrons. The number of nitrogens with one attached hydrogen (secondary N) is 1. The Morgan fingerprint density at radius 3 is 2.48 bits per heavy atom. The number of methoxy groups -OCH3 is 1. The molecule has 33 heavy (non-hydrogen) atoms. The highest BCUT2D eigenvalue weighted by atomic mass is 79.9. The summed E-state index contributed by atoms with van der Waals surface area (Å²) in [6, 6.07) is 18.8. The largest absolute Gasteiger partial charge is 0.465 e. The summed E-state index contributed by atoms with van der Waals surface area (Å²) >= 11 is 6.96. The Morgan fingerprint density at radius 1 is 1.06 bits per heavy atom. The molecular formula is C25H17Br2FN2O3. The molecule has 0 bridgehead atoms. The summed E-state index contributed by atoms with van der Waals surface area (Å²) in [5.41, 5.74) is 3.22. The number of ether oxygens (including phenoxy) is 1. The van der Waals surface area contributed by atoms with Crippen molar-refractivity contribution in [2.24, 2.45) is 0 Å². The van der Waals surface area contributed by atoms with Gasteiger partial charge < -0.3 is 10.1 Å². The van der Waals surface area contributed by atoms with Crippen LogP contribution in [-0.2, 0) is 10.1 Å². The molecule has 1 heterocycles. The van der Waals surface area contributed by atoms with Crippen molar-refractivity contribution in [1.29, 1.82) is 0 Å². The quantitative estimate of drug-likeness (QED) is 0.213. The molecule has 0 unspecified atom stereocenters. The predicted octanol–water partition coefficient (Wildman–Crippen LogP) is 6.74. The van der Waals surface area contributed by atoms with Gasteiger partial charge >= 0.3 is 5.97 Å². The van der Waals surface area contributed by atoms with Crippen LogP contribution >= 0.6 is 31.9 Å². The van der Waals surface area contributed by atoms with E-state index in [1.54, 1.807) is 0 Å². The maximum Gasteiger partial charge on any atom is 0.337 e. The van der Waals surface area contributed by atoms with Gasteiger partial charge in [-0.3, -0.25) is 4.79 Å². The summed E-state index contributed by atoms with van der Waals surface area (Å²) in [6.07, 6.45) is 0. The number of carbonyl (C=O) groups excluding carboxylic acids is 2. The van der Waals surface area contributed by atoms with Gasteiger partial charge in [0.05, 0.1) is 35.1 Å². The van der Waals surface area contributed by atoms with Crippen molar-refractivity contribution in [1.82, 2.24) is 4.98 Å². The summed E-state index contributed by atoms with van der Waals surface area (Å²) in [4.78, 5) is 30.0. The Labute approximate surface area is 206 Å². The van der Waals surface area contributed by atoms with Crippen LogP contribution in [0.25, 0.3) is 22.2 Å². The normalized spacial score (nSPS) is 10.8. The molecular weight excluding hydrogens is 555 g/mol. The third-order valence-electron chi connectivity index (χ3n) is 5.09. The minimum Gasteiger partial charge on any atom is -0.465 e. The van der Waals surface area contributed by atoms with Crippen LogP contribution in [0.2, 0.25) is 0 Å². The highest BCUT2D eigenvalue weighted by Crippen LogP contribution is 2.34. The highest BCUT2D eigenvalue weighted by molar-refractivity contribution is 9.10. The van der Waals surface area contributed by atoms with Crippen LogP contribution in [0.5, 0.6) is 0 Å². The van der Waals surface area contributed by atoms with Gasteiger partial charge in [0.2, 0.25) is 0 Å². The fraction of sp³-hybridized carbons (Fsp3) is 0.0800. The van der Waals surface area contributed by atoms with Crippen LogP contribution in [0.3, 0.4) is 0 Å². The van der Waals surface area contributed by atoms with E-state index < -0.39 is 17.7 Å². The van der Waals surface area contributed by atoms with Crippen LogP contribution in [0.4, 0.5) is 10.1 Å². The number of pyridine rings is 1. The Bertz CT molecular complexity index is 1380. The van der Waals surface area contributed by atoms with Crippen molar-refractivity contribution in [3.63, 3.8) is 0 Å². The zero-order valence-electron chi connectivity index (χ0n) is 17.4. The van der Waals surface area contributed by atoms with Gasteiger partial charge in [-0.1, -0.05) is 62.2 Å². The first-order valence-electron chi connectivity index (χ1n) is 9.85. The van der Waals surface area contributed by atoms with E-state index in [0.29, 0.717) is 33.1 Å². The molecule has 5 nitrogen and oxygen atoms in total. The smallest absolute Gasteiger partial charge is 0.337 e. The molecule has 166 valence electrons. The van der Waals surface area contributed by atoms with Crippen molar-refractivity contribution in [2.45, 2.75) is 5.33 Å². The molecule has 0 aliphatic carbocycles. The molecule has 3 aromatic carbocycles. The maximum atomic E-state index is 14.7. The summed E-state index contributed by atoms with van der Waals surface area (Å²) < 4.78 is 20.1. The summed E-state index contributed by atoms with van der Waals surface area (Å²) in [6.45, 7) is 0. The second kappa shape index (κ2) is 9.80. The number of carbonyl (C=O) groups is 2. The molecule has 4 rings (SSSR count). The van der Waals surface area contributed by atoms with Gasteiger partial charge in [0.1, 0.15) is 5.82 Å². The second-order valence-corrected chi connectivity index (χ2v) is 8.59. The zero-order valence-corrected chi connectivity index (χ0v) is 20.5. The first-order chi connectivity index (χ1) is 15.9. The number of rotatable bonds is 5. The second-order valence-electron chi connectivity index (χ2n) is 7.12. The lowest BCUT2D eigenvalue weighted by Gasteiger charge is -2.17. The zero-order chi connectivity index (χ0) is 23.5. The molecule has 0 saturated carbocycles. The van der Waals surface area contributed by atoms with Gasteiger partial charge in [0.15, 0.2) is 0 Å². The number of fused-ring (bicyclic) bond motifs is 1. The Kier molecular flexibility index (Phi) is 6.85. The van der Waals surface area contributed by atoms with E-state index >= 15 is 0 Å². The van der Waals surface area contributed by atoms with E-state index in [1.807, 2.05) is 48.5 Å². The number of aromatic nitrogens is 1. The summed E-state index contributed by atoms with van der Waals surface area (Å²) in [5.74, 6) is -1.89. The third kappa shape index (κ3) is 4.67. The number of amides is 1. The number of benzene rings is 3. The van der Waals surface area contributed by atoms with Gasteiger partial charge in [-0.25, -0.2) is 14.2 Å². The van der Waals surface area contributed by atoms with Gasteiger partial charge in [-0.15, -0.1) is 0 Å². The molecule has 8 heteroatoms. The lowest BCUT2D eigenvalue weighted by atomic mass is 9.97. The Hall–Kier alpha value is -3.10. The van der Waals surface area contributed by atoms with Crippen LogP contribution in [0, 0.1) is 5.82 Å². The van der Waals surface area contributed by atoms with Crippen molar-refractivity contribution in [3.8, 4) is 11.3 Å². The van der Waals surface area contributed by atoms with Crippen LogP contribution in [0.15, 0.2) is 71.2 Å². The minimum atomic E-state index is -0.741. The standard InChI is InChI=1S/C25H17Br2FN2O3/c1-33-25(32)15-7-9-21(19(28)11-15)30-24(31)22-17-12-16(27)8-10-20(17)29-23(18(22)13-26)14-5-3-2-4-6-14/h2-12H,13H2,1H3,(H,30,31). The molecule has 1 aromatic heterocycles. The SMILES string of the molecule is COC(=O)c1ccc(NC(=O)c2c(CBr)c(-c3ccccc3)nc3ccc(Br)cc23)c(F)c1. The van der Waals surface area contributed by atoms with Gasteiger partial charge in [-0.2, -0.15) is 0 Å². The van der Waals surface area contributed by atoms with Crippen molar-refractivity contribution in [2.75, 3.05) is 12.4 Å². The minimum absolute atomic E-state index is 0.0469. The average molecular weight is 572 g/mol. The molecule has 0 fully saturated rings. The van der Waals surface area contributed by atoms with Crippen molar-refractivity contribution < 1.29 is 18.7 Å². The van der Waals surface area contributed by atoms with Gasteiger partial charge in [-0.05, 0) is 36.4 Å². The molecule has 1 amide bonds. The topological polar surface area (TPSA) is 68.3 Å². The number of nitrogens with zero attached hydrogens (tertiary/aromatic N) is 1. The third-order valence-corrected chi connectivity index (χ3v) is 6.15. The highest BCUT2D eigenvalue weighted by Gasteiger charge is 2.22. The van der Waals surface area contributed by atoms with E-state index in [4.69, 9.17) is 4.98 Å². The van der Waals surface area contributed by atoms with Crippen LogP contribution in [0.1, 0.15) is 26.3 Å². The number of anilines is 1. The molecule has 0 spiro atoms.